The molecule has 1 fully saturated rings. The maximum absolute atomic E-state index is 13.1. The number of ether oxygens (including phenoxy) is 1. The molecule has 8 heteroatoms. The van der Waals surface area contributed by atoms with E-state index >= 15 is 0 Å². The molecule has 0 radical (unpaired) electrons. The Morgan fingerprint density at radius 1 is 1.22 bits per heavy atom. The molecule has 1 atom stereocenters. The maximum Gasteiger partial charge on any atom is 0.256 e. The predicted molar refractivity (Wildman–Crippen MR) is 121 cm³/mol. The number of fused-ring (bicyclic) bond motifs is 3. The van der Waals surface area contributed by atoms with Crippen LogP contribution in [0.2, 0.25) is 0 Å². The van der Waals surface area contributed by atoms with Crippen LogP contribution in [0.25, 0.3) is 10.9 Å². The van der Waals surface area contributed by atoms with Crippen molar-refractivity contribution >= 4 is 40.0 Å². The van der Waals surface area contributed by atoms with Crippen LogP contribution in [0, 0.1) is 0 Å². The lowest BCUT2D eigenvalue weighted by atomic mass is 10.1. The van der Waals surface area contributed by atoms with Crippen molar-refractivity contribution in [2.75, 3.05) is 30.9 Å². The molecule has 3 amide bonds. The third kappa shape index (κ3) is 3.42. The molecule has 1 aromatic heterocycles. The summed E-state index contributed by atoms with van der Waals surface area (Å²) in [6.45, 7) is 1.84. The van der Waals surface area contributed by atoms with E-state index in [-0.39, 0.29) is 17.7 Å². The van der Waals surface area contributed by atoms with Gasteiger partial charge in [-0.15, -0.1) is 0 Å². The third-order valence-electron chi connectivity index (χ3n) is 6.18. The molecule has 1 unspecified atom stereocenters. The molecule has 2 aliphatic rings. The summed E-state index contributed by atoms with van der Waals surface area (Å²) in [4.78, 5) is 40.2. The van der Waals surface area contributed by atoms with E-state index in [1.165, 1.54) is 0 Å². The summed E-state index contributed by atoms with van der Waals surface area (Å²) in [5.41, 5.74) is 2.88. The first-order chi connectivity index (χ1) is 15.6. The van der Waals surface area contributed by atoms with Gasteiger partial charge in [-0.25, -0.2) is 0 Å². The van der Waals surface area contributed by atoms with E-state index in [1.807, 2.05) is 29.0 Å². The topological polar surface area (TPSA) is 92.7 Å². The van der Waals surface area contributed by atoms with Gasteiger partial charge in [0.1, 0.15) is 6.04 Å². The van der Waals surface area contributed by atoms with E-state index in [0.717, 1.165) is 17.3 Å². The number of hydrogen-bond acceptors (Lipinski definition) is 4. The highest BCUT2D eigenvalue weighted by Crippen LogP contribution is 2.31. The minimum Gasteiger partial charge on any atom is -0.383 e. The molecule has 1 saturated heterocycles. The predicted octanol–water partition coefficient (Wildman–Crippen LogP) is 3.10. The lowest BCUT2D eigenvalue weighted by molar-refractivity contribution is -0.119. The van der Waals surface area contributed by atoms with Crippen molar-refractivity contribution in [2.24, 2.45) is 0 Å². The zero-order chi connectivity index (χ0) is 22.2. The highest BCUT2D eigenvalue weighted by molar-refractivity contribution is 6.14. The highest BCUT2D eigenvalue weighted by Gasteiger charge is 2.38. The minimum absolute atomic E-state index is 0.156. The standard InChI is InChI=1S/C24H24N4O4/c1-32-13-12-27-11-9-16-17(4-2-5-20(16)27)22(29)25-15-7-8-19-18(14-15)24(31)28-10-3-6-21(28)23(30)26-19/h2,4-5,7-9,11,14,21H,3,6,10,12-13H2,1H3,(H,25,29)(H,26,30). The Bertz CT molecular complexity index is 1230. The summed E-state index contributed by atoms with van der Waals surface area (Å²) in [6.07, 6.45) is 3.42. The van der Waals surface area contributed by atoms with Gasteiger partial charge in [-0.05, 0) is 49.2 Å². The zero-order valence-corrected chi connectivity index (χ0v) is 17.8. The van der Waals surface area contributed by atoms with E-state index in [0.29, 0.717) is 48.6 Å². The van der Waals surface area contributed by atoms with Crippen LogP contribution < -0.4 is 10.6 Å². The Kier molecular flexibility index (Phi) is 5.14. The highest BCUT2D eigenvalue weighted by atomic mass is 16.5. The summed E-state index contributed by atoms with van der Waals surface area (Å²) >= 11 is 0. The average Bonchev–Trinajstić information content (AvgIpc) is 3.43. The normalized spacial score (nSPS) is 17.7. The Hall–Kier alpha value is -3.65. The molecule has 8 nitrogen and oxygen atoms in total. The van der Waals surface area contributed by atoms with Crippen molar-refractivity contribution in [3.8, 4) is 0 Å². The summed E-state index contributed by atoms with van der Waals surface area (Å²) in [6, 6.07) is 12.1. The molecule has 2 aromatic carbocycles. The summed E-state index contributed by atoms with van der Waals surface area (Å²) < 4.78 is 7.21. The fourth-order valence-electron chi connectivity index (χ4n) is 4.57. The van der Waals surface area contributed by atoms with Crippen LogP contribution in [0.3, 0.4) is 0 Å². The molecular weight excluding hydrogens is 408 g/mol. The van der Waals surface area contributed by atoms with Crippen molar-refractivity contribution in [1.82, 2.24) is 9.47 Å². The monoisotopic (exact) mass is 432 g/mol. The van der Waals surface area contributed by atoms with Crippen LogP contribution in [-0.2, 0) is 16.1 Å². The number of nitrogens with one attached hydrogen (secondary N) is 2. The van der Waals surface area contributed by atoms with Crippen molar-refractivity contribution in [1.29, 1.82) is 0 Å². The zero-order valence-electron chi connectivity index (χ0n) is 17.8. The Balaban J connectivity index is 1.43. The van der Waals surface area contributed by atoms with Crippen LogP contribution in [0.5, 0.6) is 0 Å². The second-order valence-corrected chi connectivity index (χ2v) is 8.10. The second-order valence-electron chi connectivity index (χ2n) is 8.10. The fourth-order valence-corrected chi connectivity index (χ4v) is 4.57. The molecule has 2 N–H and O–H groups in total. The maximum atomic E-state index is 13.1. The summed E-state index contributed by atoms with van der Waals surface area (Å²) in [5, 5.41) is 6.61. The number of carbonyl (C=O) groups is 3. The second kappa shape index (κ2) is 8.12. The Morgan fingerprint density at radius 2 is 2.09 bits per heavy atom. The van der Waals surface area contributed by atoms with Gasteiger partial charge in [0.25, 0.3) is 11.8 Å². The molecular formula is C24H24N4O4. The van der Waals surface area contributed by atoms with E-state index in [1.54, 1.807) is 36.3 Å². The Labute approximate surface area is 185 Å². The van der Waals surface area contributed by atoms with E-state index < -0.39 is 6.04 Å². The van der Waals surface area contributed by atoms with Gasteiger partial charge in [0.15, 0.2) is 0 Å². The van der Waals surface area contributed by atoms with Gasteiger partial charge in [-0.2, -0.15) is 0 Å². The molecule has 0 bridgehead atoms. The quantitative estimate of drug-likeness (QED) is 0.648. The number of methoxy groups -OCH3 is 1. The van der Waals surface area contributed by atoms with Gasteiger partial charge in [0.05, 0.1) is 17.9 Å². The summed E-state index contributed by atoms with van der Waals surface area (Å²) in [5.74, 6) is -0.602. The van der Waals surface area contributed by atoms with E-state index in [4.69, 9.17) is 4.74 Å². The molecule has 164 valence electrons. The molecule has 0 spiro atoms. The SMILES string of the molecule is COCCn1ccc2c(C(=O)Nc3ccc4c(c3)C(=O)N3CCCC3C(=O)N4)cccc21. The van der Waals surface area contributed by atoms with Crippen LogP contribution in [-0.4, -0.2) is 53.5 Å². The van der Waals surface area contributed by atoms with Crippen LogP contribution in [0.15, 0.2) is 48.7 Å². The number of carbonyl (C=O) groups excluding carboxylic acids is 3. The molecule has 2 aliphatic heterocycles. The lowest BCUT2D eigenvalue weighted by Gasteiger charge is -2.20. The van der Waals surface area contributed by atoms with E-state index in [9.17, 15) is 14.4 Å². The first kappa shape index (κ1) is 20.3. The van der Waals surface area contributed by atoms with Gasteiger partial charge < -0.3 is 24.8 Å². The molecule has 0 aliphatic carbocycles. The van der Waals surface area contributed by atoms with Gasteiger partial charge >= 0.3 is 0 Å². The van der Waals surface area contributed by atoms with Gasteiger partial charge in [0.2, 0.25) is 5.91 Å². The fraction of sp³-hybridized carbons (Fsp3) is 0.292. The van der Waals surface area contributed by atoms with Crippen molar-refractivity contribution < 1.29 is 19.1 Å². The number of amides is 3. The molecule has 32 heavy (non-hydrogen) atoms. The van der Waals surface area contributed by atoms with Crippen LogP contribution >= 0.6 is 0 Å². The largest absolute Gasteiger partial charge is 0.383 e. The van der Waals surface area contributed by atoms with Crippen molar-refractivity contribution in [3.63, 3.8) is 0 Å². The molecule has 3 aromatic rings. The number of benzene rings is 2. The van der Waals surface area contributed by atoms with Gasteiger partial charge in [-0.1, -0.05) is 6.07 Å². The molecule has 5 rings (SSSR count). The molecule has 0 saturated carbocycles. The Morgan fingerprint density at radius 3 is 2.94 bits per heavy atom. The van der Waals surface area contributed by atoms with Gasteiger partial charge in [0, 0.05) is 48.5 Å². The smallest absolute Gasteiger partial charge is 0.256 e. The van der Waals surface area contributed by atoms with Gasteiger partial charge in [-0.3, -0.25) is 14.4 Å². The van der Waals surface area contributed by atoms with Crippen LogP contribution in [0.4, 0.5) is 11.4 Å². The average molecular weight is 432 g/mol. The lowest BCUT2D eigenvalue weighted by Crippen LogP contribution is -2.40. The molecule has 3 heterocycles. The number of aromatic nitrogens is 1. The number of rotatable bonds is 5. The first-order valence-electron chi connectivity index (χ1n) is 10.7. The van der Waals surface area contributed by atoms with Crippen molar-refractivity contribution in [2.45, 2.75) is 25.4 Å². The van der Waals surface area contributed by atoms with Crippen molar-refractivity contribution in [3.05, 3.63) is 59.8 Å². The number of nitrogens with zero attached hydrogens (tertiary/aromatic N) is 2. The van der Waals surface area contributed by atoms with E-state index in [2.05, 4.69) is 10.6 Å². The number of hydrogen-bond donors (Lipinski definition) is 2. The third-order valence-corrected chi connectivity index (χ3v) is 6.18. The minimum atomic E-state index is -0.423. The first-order valence-corrected chi connectivity index (χ1v) is 10.7. The van der Waals surface area contributed by atoms with Crippen LogP contribution in [0.1, 0.15) is 33.6 Å². The number of anilines is 2. The summed E-state index contributed by atoms with van der Waals surface area (Å²) in [7, 11) is 1.66.